The lowest BCUT2D eigenvalue weighted by molar-refractivity contribution is 0.102. The molecule has 2 aromatic carbocycles. The highest BCUT2D eigenvalue weighted by atomic mass is 32.2. The van der Waals surface area contributed by atoms with Crippen LogP contribution in [0.25, 0.3) is 27.0 Å². The Labute approximate surface area is 221 Å². The first-order chi connectivity index (χ1) is 17.9. The molecule has 0 saturated heterocycles. The predicted molar refractivity (Wildman–Crippen MR) is 150 cm³/mol. The average molecular weight is 530 g/mol. The fourth-order valence-corrected chi connectivity index (χ4v) is 6.36. The maximum atomic E-state index is 13.5. The normalized spacial score (nSPS) is 11.2. The Morgan fingerprint density at radius 3 is 2.57 bits per heavy atom. The van der Waals surface area contributed by atoms with Gasteiger partial charge in [0.05, 0.1) is 11.1 Å². The van der Waals surface area contributed by atoms with Crippen LogP contribution in [0, 0.1) is 19.7 Å². The van der Waals surface area contributed by atoms with Crippen molar-refractivity contribution in [3.8, 4) is 16.8 Å². The lowest BCUT2D eigenvalue weighted by Crippen LogP contribution is -2.23. The van der Waals surface area contributed by atoms with Gasteiger partial charge < -0.3 is 4.57 Å². The standard InChI is InChI=1S/C29H24FN3O2S2/c1-4-14-32-28(35)26-24(20-8-6-5-7-9-20)16-36-27(26)31-29(32)37-17-25(34)23-15-18(2)33(19(23)3)22-12-10-21(30)11-13-22/h4-13,15-16H,1,14,17H2,2-3H3. The molecule has 0 radical (unpaired) electrons. The Morgan fingerprint density at radius 2 is 1.86 bits per heavy atom. The average Bonchev–Trinajstić information content (AvgIpc) is 3.46. The minimum atomic E-state index is -0.310. The van der Waals surface area contributed by atoms with Gasteiger partial charge in [0, 0.05) is 40.1 Å². The summed E-state index contributed by atoms with van der Waals surface area (Å²) in [4.78, 5) is 32.2. The third-order valence-electron chi connectivity index (χ3n) is 6.20. The predicted octanol–water partition coefficient (Wildman–Crippen LogP) is 6.83. The fourth-order valence-electron chi connectivity index (χ4n) is 4.48. The molecule has 0 aliphatic rings. The first-order valence-electron chi connectivity index (χ1n) is 11.7. The van der Waals surface area contributed by atoms with E-state index in [1.165, 1.54) is 35.2 Å². The molecule has 0 N–H and O–H groups in total. The summed E-state index contributed by atoms with van der Waals surface area (Å²) in [7, 11) is 0. The number of fused-ring (bicyclic) bond motifs is 1. The lowest BCUT2D eigenvalue weighted by Gasteiger charge is -2.11. The summed E-state index contributed by atoms with van der Waals surface area (Å²) in [5.74, 6) is -0.252. The number of benzene rings is 2. The van der Waals surface area contributed by atoms with E-state index in [0.29, 0.717) is 27.5 Å². The molecule has 0 fully saturated rings. The molecular formula is C29H24FN3O2S2. The van der Waals surface area contributed by atoms with E-state index in [1.807, 2.05) is 60.2 Å². The van der Waals surface area contributed by atoms with Gasteiger partial charge in [0.1, 0.15) is 10.6 Å². The van der Waals surface area contributed by atoms with Crippen LogP contribution in [-0.4, -0.2) is 25.7 Å². The van der Waals surface area contributed by atoms with E-state index < -0.39 is 0 Å². The molecule has 0 bridgehead atoms. The summed E-state index contributed by atoms with van der Waals surface area (Å²) in [5, 5.41) is 3.02. The number of nitrogens with zero attached hydrogens (tertiary/aromatic N) is 3. The number of carbonyl (C=O) groups is 1. The molecule has 0 atom stereocenters. The summed E-state index contributed by atoms with van der Waals surface area (Å²) in [5.41, 5.74) is 4.73. The number of rotatable bonds is 8. The van der Waals surface area contributed by atoms with Crippen LogP contribution in [-0.2, 0) is 6.54 Å². The molecule has 0 aliphatic carbocycles. The van der Waals surface area contributed by atoms with Crippen LogP contribution in [0.4, 0.5) is 4.39 Å². The summed E-state index contributed by atoms with van der Waals surface area (Å²) < 4.78 is 16.9. The summed E-state index contributed by atoms with van der Waals surface area (Å²) >= 11 is 2.67. The highest BCUT2D eigenvalue weighted by molar-refractivity contribution is 7.99. The van der Waals surface area contributed by atoms with Crippen molar-refractivity contribution in [1.82, 2.24) is 14.1 Å². The van der Waals surface area contributed by atoms with E-state index in [-0.39, 0.29) is 22.9 Å². The van der Waals surface area contributed by atoms with Gasteiger partial charge >= 0.3 is 0 Å². The van der Waals surface area contributed by atoms with Crippen molar-refractivity contribution in [2.75, 3.05) is 5.75 Å². The number of hydrogen-bond acceptors (Lipinski definition) is 5. The number of aryl methyl sites for hydroxylation is 1. The number of hydrogen-bond donors (Lipinski definition) is 0. The zero-order chi connectivity index (χ0) is 26.1. The largest absolute Gasteiger partial charge is 0.318 e. The highest BCUT2D eigenvalue weighted by Crippen LogP contribution is 2.32. The first-order valence-corrected chi connectivity index (χ1v) is 13.5. The molecule has 5 nitrogen and oxygen atoms in total. The van der Waals surface area contributed by atoms with Crippen LogP contribution in [0.1, 0.15) is 21.7 Å². The Kier molecular flexibility index (Phi) is 6.95. The number of allylic oxidation sites excluding steroid dienone is 1. The number of ketones is 1. The van der Waals surface area contributed by atoms with E-state index in [2.05, 4.69) is 6.58 Å². The Hall–Kier alpha value is -3.75. The third kappa shape index (κ3) is 4.70. The second-order valence-electron chi connectivity index (χ2n) is 8.60. The van der Waals surface area contributed by atoms with Gasteiger partial charge in [-0.3, -0.25) is 14.2 Å². The number of carbonyl (C=O) groups excluding carboxylic acids is 1. The molecule has 8 heteroatoms. The topological polar surface area (TPSA) is 56.9 Å². The maximum Gasteiger partial charge on any atom is 0.263 e. The second-order valence-corrected chi connectivity index (χ2v) is 10.4. The summed E-state index contributed by atoms with van der Waals surface area (Å²) in [6.45, 7) is 7.89. The molecule has 0 amide bonds. The van der Waals surface area contributed by atoms with Gasteiger partial charge in [0.2, 0.25) is 0 Å². The molecule has 0 unspecified atom stereocenters. The number of aromatic nitrogens is 3. The Morgan fingerprint density at radius 1 is 1.14 bits per heavy atom. The number of halogens is 1. The molecule has 5 rings (SSSR count). The third-order valence-corrected chi connectivity index (χ3v) is 8.05. The smallest absolute Gasteiger partial charge is 0.263 e. The van der Waals surface area contributed by atoms with Crippen molar-refractivity contribution in [2.45, 2.75) is 25.5 Å². The molecule has 186 valence electrons. The molecular weight excluding hydrogens is 505 g/mol. The van der Waals surface area contributed by atoms with E-state index in [4.69, 9.17) is 4.98 Å². The summed E-state index contributed by atoms with van der Waals surface area (Å²) in [6.07, 6.45) is 1.66. The van der Waals surface area contributed by atoms with E-state index in [1.54, 1.807) is 22.8 Å². The van der Waals surface area contributed by atoms with Crippen LogP contribution >= 0.6 is 23.1 Å². The number of thioether (sulfide) groups is 1. The van der Waals surface area contributed by atoms with Gasteiger partial charge in [-0.25, -0.2) is 9.37 Å². The SMILES string of the molecule is C=CCn1c(SCC(=O)c2cc(C)n(-c3ccc(F)cc3)c2C)nc2scc(-c3ccccc3)c2c1=O. The summed E-state index contributed by atoms with van der Waals surface area (Å²) in [6, 6.07) is 17.8. The van der Waals surface area contributed by atoms with Gasteiger partial charge in [-0.2, -0.15) is 0 Å². The van der Waals surface area contributed by atoms with Gasteiger partial charge in [-0.05, 0) is 49.7 Å². The minimum Gasteiger partial charge on any atom is -0.318 e. The van der Waals surface area contributed by atoms with Gasteiger partial charge in [0.25, 0.3) is 5.56 Å². The fraction of sp³-hybridized carbons (Fsp3) is 0.138. The minimum absolute atomic E-state index is 0.0675. The Balaban J connectivity index is 1.46. The van der Waals surface area contributed by atoms with Crippen molar-refractivity contribution >= 4 is 39.1 Å². The number of thiophene rings is 1. The van der Waals surface area contributed by atoms with Gasteiger partial charge in [-0.15, -0.1) is 17.9 Å². The second kappa shape index (κ2) is 10.3. The van der Waals surface area contributed by atoms with E-state index >= 15 is 0 Å². The van der Waals surface area contributed by atoms with Crippen molar-refractivity contribution in [1.29, 1.82) is 0 Å². The van der Waals surface area contributed by atoms with E-state index in [9.17, 15) is 14.0 Å². The zero-order valence-electron chi connectivity index (χ0n) is 20.4. The molecule has 0 saturated carbocycles. The van der Waals surface area contributed by atoms with Crippen molar-refractivity contribution in [3.05, 3.63) is 112 Å². The highest BCUT2D eigenvalue weighted by Gasteiger charge is 2.20. The van der Waals surface area contributed by atoms with Crippen LogP contribution in [0.15, 0.2) is 88.6 Å². The van der Waals surface area contributed by atoms with Gasteiger partial charge in [-0.1, -0.05) is 48.2 Å². The molecule has 3 aromatic heterocycles. The van der Waals surface area contributed by atoms with Crippen molar-refractivity contribution in [2.24, 2.45) is 0 Å². The lowest BCUT2D eigenvalue weighted by atomic mass is 10.1. The maximum absolute atomic E-state index is 13.5. The first kappa shape index (κ1) is 24.9. The quantitative estimate of drug-likeness (QED) is 0.0957. The van der Waals surface area contributed by atoms with Crippen LogP contribution in [0.5, 0.6) is 0 Å². The zero-order valence-corrected chi connectivity index (χ0v) is 22.0. The van der Waals surface area contributed by atoms with Crippen LogP contribution in [0.3, 0.4) is 0 Å². The molecule has 3 heterocycles. The van der Waals surface area contributed by atoms with Gasteiger partial charge in [0.15, 0.2) is 10.9 Å². The molecule has 37 heavy (non-hydrogen) atoms. The molecule has 0 aliphatic heterocycles. The molecule has 5 aromatic rings. The Bertz CT molecular complexity index is 1680. The van der Waals surface area contributed by atoms with Crippen LogP contribution < -0.4 is 5.56 Å². The van der Waals surface area contributed by atoms with Crippen molar-refractivity contribution < 1.29 is 9.18 Å². The number of Topliss-reactive ketones (excluding diaryl/α,β-unsaturated/α-hetero) is 1. The van der Waals surface area contributed by atoms with E-state index in [0.717, 1.165) is 28.2 Å². The van der Waals surface area contributed by atoms with Crippen LogP contribution in [0.2, 0.25) is 0 Å². The molecule has 0 spiro atoms. The van der Waals surface area contributed by atoms with Crippen molar-refractivity contribution in [3.63, 3.8) is 0 Å². The monoisotopic (exact) mass is 529 g/mol.